The van der Waals surface area contributed by atoms with Gasteiger partial charge in [0.15, 0.2) is 0 Å². The average molecular weight is 240 g/mol. The number of thiophene rings is 1. The molecule has 0 bridgehead atoms. The van der Waals surface area contributed by atoms with E-state index in [-0.39, 0.29) is 11.2 Å². The molecule has 1 aliphatic heterocycles. The number of carbonyl (C=O) groups is 1. The van der Waals surface area contributed by atoms with Crippen LogP contribution in [0.25, 0.3) is 0 Å². The van der Waals surface area contributed by atoms with Gasteiger partial charge in [0.2, 0.25) is 0 Å². The highest BCUT2D eigenvalue weighted by Gasteiger charge is 2.33. The lowest BCUT2D eigenvalue weighted by atomic mass is 9.89. The van der Waals surface area contributed by atoms with Gasteiger partial charge in [-0.1, -0.05) is 6.92 Å². The lowest BCUT2D eigenvalue weighted by Gasteiger charge is -2.33. The summed E-state index contributed by atoms with van der Waals surface area (Å²) in [5, 5.41) is 11.4. The molecule has 0 radical (unpaired) electrons. The van der Waals surface area contributed by atoms with E-state index < -0.39 is 5.97 Å². The molecule has 0 aromatic carbocycles. The summed E-state index contributed by atoms with van der Waals surface area (Å²) < 4.78 is 5.73. The molecule has 4 nitrogen and oxygen atoms in total. The molecule has 2 heterocycles. The van der Waals surface area contributed by atoms with Gasteiger partial charge in [-0.05, 0) is 18.9 Å². The Morgan fingerprint density at radius 2 is 2.38 bits per heavy atom. The quantitative estimate of drug-likeness (QED) is 0.834. The van der Waals surface area contributed by atoms with Crippen LogP contribution in [0, 0.1) is 0 Å². The SMILES string of the molecule is CC[C@]1(C)Cc2c(sc(N)c2C(=O)[O-])CO1. The third-order valence-electron chi connectivity index (χ3n) is 3.17. The summed E-state index contributed by atoms with van der Waals surface area (Å²) in [6.07, 6.45) is 1.44. The summed E-state index contributed by atoms with van der Waals surface area (Å²) in [5.74, 6) is -1.18. The summed E-state index contributed by atoms with van der Waals surface area (Å²) in [6.45, 7) is 4.46. The van der Waals surface area contributed by atoms with Crippen LogP contribution < -0.4 is 10.8 Å². The molecule has 1 aromatic rings. The first-order chi connectivity index (χ1) is 7.47. The Balaban J connectivity index is 2.47. The molecule has 1 atom stereocenters. The van der Waals surface area contributed by atoms with Crippen molar-refractivity contribution in [3.8, 4) is 0 Å². The van der Waals surface area contributed by atoms with Crippen LogP contribution in [0.3, 0.4) is 0 Å². The Morgan fingerprint density at radius 1 is 1.69 bits per heavy atom. The zero-order chi connectivity index (χ0) is 11.9. The Bertz CT molecular complexity index is 441. The fraction of sp³-hybridized carbons (Fsp3) is 0.545. The molecule has 1 aliphatic rings. The molecule has 2 N–H and O–H groups in total. The number of ether oxygens (including phenoxy) is 1. The van der Waals surface area contributed by atoms with E-state index in [1.54, 1.807) is 0 Å². The topological polar surface area (TPSA) is 75.4 Å². The van der Waals surface area contributed by atoms with Gasteiger partial charge in [-0.15, -0.1) is 11.3 Å². The minimum absolute atomic E-state index is 0.169. The third kappa shape index (κ3) is 1.70. The van der Waals surface area contributed by atoms with Gasteiger partial charge < -0.3 is 20.4 Å². The van der Waals surface area contributed by atoms with Gasteiger partial charge in [0.05, 0.1) is 23.2 Å². The summed E-state index contributed by atoms with van der Waals surface area (Å²) in [5.41, 5.74) is 6.38. The van der Waals surface area contributed by atoms with E-state index in [4.69, 9.17) is 10.5 Å². The molecule has 5 heteroatoms. The van der Waals surface area contributed by atoms with Crippen molar-refractivity contribution in [2.45, 2.75) is 38.9 Å². The smallest absolute Gasteiger partial charge is 0.0955 e. The third-order valence-corrected chi connectivity index (χ3v) is 4.21. The van der Waals surface area contributed by atoms with Crippen molar-refractivity contribution < 1.29 is 14.6 Å². The van der Waals surface area contributed by atoms with Crippen molar-refractivity contribution in [1.29, 1.82) is 0 Å². The zero-order valence-corrected chi connectivity index (χ0v) is 10.1. The lowest BCUT2D eigenvalue weighted by molar-refractivity contribution is -0.255. The average Bonchev–Trinajstić information content (AvgIpc) is 2.53. The normalized spacial score (nSPS) is 24.1. The number of hydrogen-bond donors (Lipinski definition) is 1. The van der Waals surface area contributed by atoms with Gasteiger partial charge in [0.1, 0.15) is 0 Å². The van der Waals surface area contributed by atoms with Crippen LogP contribution >= 0.6 is 11.3 Å². The highest BCUT2D eigenvalue weighted by molar-refractivity contribution is 7.16. The molecular formula is C11H14NO3S-. The number of rotatable bonds is 2. The number of carboxylic acids is 1. The van der Waals surface area contributed by atoms with Gasteiger partial charge in [-0.3, -0.25) is 0 Å². The van der Waals surface area contributed by atoms with Crippen LogP contribution in [0.1, 0.15) is 41.1 Å². The van der Waals surface area contributed by atoms with Gasteiger partial charge in [-0.25, -0.2) is 0 Å². The van der Waals surface area contributed by atoms with Crippen molar-refractivity contribution in [2.75, 3.05) is 5.73 Å². The molecule has 0 aliphatic carbocycles. The van der Waals surface area contributed by atoms with Crippen LogP contribution in [-0.4, -0.2) is 11.6 Å². The molecule has 1 aromatic heterocycles. The molecule has 0 amide bonds. The molecule has 0 unspecified atom stereocenters. The van der Waals surface area contributed by atoms with Crippen LogP contribution in [0.2, 0.25) is 0 Å². The Morgan fingerprint density at radius 3 is 2.94 bits per heavy atom. The molecule has 0 saturated carbocycles. The maximum absolute atomic E-state index is 11.0. The fourth-order valence-electron chi connectivity index (χ4n) is 1.95. The van der Waals surface area contributed by atoms with Crippen LogP contribution in [0.15, 0.2) is 0 Å². The van der Waals surface area contributed by atoms with Crippen LogP contribution in [-0.2, 0) is 17.8 Å². The van der Waals surface area contributed by atoms with Gasteiger partial charge in [0.25, 0.3) is 0 Å². The number of nitrogen functional groups attached to an aromatic ring is 1. The number of anilines is 1. The maximum atomic E-state index is 11.0. The van der Waals surface area contributed by atoms with E-state index in [2.05, 4.69) is 0 Å². The first-order valence-corrected chi connectivity index (χ1v) is 6.04. The van der Waals surface area contributed by atoms with Crippen molar-refractivity contribution in [3.05, 3.63) is 16.0 Å². The van der Waals surface area contributed by atoms with Crippen molar-refractivity contribution in [1.82, 2.24) is 0 Å². The van der Waals surface area contributed by atoms with Crippen molar-refractivity contribution in [2.24, 2.45) is 0 Å². The molecule has 0 saturated heterocycles. The Hall–Kier alpha value is -1.07. The van der Waals surface area contributed by atoms with E-state index in [9.17, 15) is 9.90 Å². The minimum Gasteiger partial charge on any atom is -0.545 e. The zero-order valence-electron chi connectivity index (χ0n) is 9.33. The number of fused-ring (bicyclic) bond motifs is 1. The van der Waals surface area contributed by atoms with E-state index in [1.807, 2.05) is 13.8 Å². The van der Waals surface area contributed by atoms with E-state index in [1.165, 1.54) is 11.3 Å². The maximum Gasteiger partial charge on any atom is 0.0955 e. The summed E-state index contributed by atoms with van der Waals surface area (Å²) >= 11 is 1.29. The van der Waals surface area contributed by atoms with Crippen molar-refractivity contribution in [3.63, 3.8) is 0 Å². The van der Waals surface area contributed by atoms with Gasteiger partial charge in [0, 0.05) is 16.9 Å². The predicted octanol–water partition coefficient (Wildman–Crippen LogP) is 0.935. The number of carbonyl (C=O) groups excluding carboxylic acids is 1. The van der Waals surface area contributed by atoms with E-state index >= 15 is 0 Å². The van der Waals surface area contributed by atoms with Crippen LogP contribution in [0.4, 0.5) is 5.00 Å². The highest BCUT2D eigenvalue weighted by Crippen LogP contribution is 2.39. The molecule has 0 spiro atoms. The Labute approximate surface area is 98.0 Å². The van der Waals surface area contributed by atoms with Crippen LogP contribution in [0.5, 0.6) is 0 Å². The first-order valence-electron chi connectivity index (χ1n) is 5.22. The lowest BCUT2D eigenvalue weighted by Crippen LogP contribution is -2.35. The highest BCUT2D eigenvalue weighted by atomic mass is 32.1. The monoisotopic (exact) mass is 240 g/mol. The van der Waals surface area contributed by atoms with E-state index in [0.29, 0.717) is 18.0 Å². The standard InChI is InChI=1S/C11H15NO3S/c1-3-11(2)4-6-7(5-15-11)16-9(12)8(6)10(13)14/h3-5,12H2,1-2H3,(H,13,14)/p-1/t11-/m1/s1. The molecule has 2 rings (SSSR count). The van der Waals surface area contributed by atoms with Crippen molar-refractivity contribution >= 4 is 22.3 Å². The molecule has 16 heavy (non-hydrogen) atoms. The summed E-state index contributed by atoms with van der Waals surface area (Å²) in [4.78, 5) is 11.9. The second kappa shape index (κ2) is 3.75. The summed E-state index contributed by atoms with van der Waals surface area (Å²) in [7, 11) is 0. The van der Waals surface area contributed by atoms with Gasteiger partial charge in [-0.2, -0.15) is 0 Å². The number of aromatic carboxylic acids is 1. The molecule has 88 valence electrons. The Kier molecular flexibility index (Phi) is 2.67. The fourth-order valence-corrected chi connectivity index (χ4v) is 2.94. The number of nitrogens with two attached hydrogens (primary N) is 1. The largest absolute Gasteiger partial charge is 0.545 e. The first kappa shape index (κ1) is 11.4. The van der Waals surface area contributed by atoms with E-state index in [0.717, 1.165) is 16.9 Å². The second-order valence-electron chi connectivity index (χ2n) is 4.30. The molecular weight excluding hydrogens is 226 g/mol. The number of carboxylic acid groups (broad SMARTS) is 1. The summed E-state index contributed by atoms with van der Waals surface area (Å²) in [6, 6.07) is 0. The molecule has 0 fully saturated rings. The second-order valence-corrected chi connectivity index (χ2v) is 5.44. The number of hydrogen-bond acceptors (Lipinski definition) is 5. The minimum atomic E-state index is -1.18. The predicted molar refractivity (Wildman–Crippen MR) is 60.3 cm³/mol. The van der Waals surface area contributed by atoms with Gasteiger partial charge >= 0.3 is 0 Å².